The van der Waals surface area contributed by atoms with E-state index in [-0.39, 0.29) is 0 Å². The summed E-state index contributed by atoms with van der Waals surface area (Å²) >= 11 is 0. The summed E-state index contributed by atoms with van der Waals surface area (Å²) < 4.78 is 62.0. The van der Waals surface area contributed by atoms with E-state index >= 15 is 0 Å². The average Bonchev–Trinajstić information content (AvgIpc) is 4.00. The Labute approximate surface area is 378 Å². The van der Waals surface area contributed by atoms with Gasteiger partial charge in [0.05, 0.1) is 39.6 Å². The molecule has 0 aromatic carbocycles. The number of ether oxygens (including phenoxy) is 11. The van der Waals surface area contributed by atoms with E-state index in [2.05, 4.69) is 0 Å². The Kier molecular flexibility index (Phi) is 17.6. The fourth-order valence-electron chi connectivity index (χ4n) is 8.67. The number of rotatable bonds is 21. The lowest BCUT2D eigenvalue weighted by atomic mass is 9.98. The SMILES string of the molecule is OC[C@H]1O[C@@](CO)(OC[C@@]2(OC[C@@]3(OC[C@H]4O[C@H](O[C@]5(CO[C@]6(CO)O[C@H](CO)[C@@H](O)[C@@H]6O)O[C@H](CO)[C@@H](O)[C@@H]5O)[C@H](O)[C@@H](O)[C@@H]4O)O[C@H](CO)[C@@H](O)[C@@H]3O)O[C@H](CO)[C@@H](O)[C@@H]2O)[C@@H](O)[C@@H]1O. The van der Waals surface area contributed by atoms with Crippen molar-refractivity contribution in [3.05, 3.63) is 0 Å². The van der Waals surface area contributed by atoms with Gasteiger partial charge in [-0.05, 0) is 0 Å². The number of hydrogen-bond acceptors (Lipinski definition) is 31. The number of hydrogen-bond donors (Lipinski definition) is 20. The minimum absolute atomic E-state index is 0.872. The Bertz CT molecular complexity index is 1590. The van der Waals surface area contributed by atoms with Crippen molar-refractivity contribution in [1.29, 1.82) is 0 Å². The fraction of sp³-hybridized carbons (Fsp3) is 1.00. The standard InChI is InChI=1S/C36H62O31/c37-1-12-19(45)26(52)32(7-42,62-12)58-10-35(29(55)22(48)15(4-40)65-35)60-9-34(28(54)21(47)14(3-39)64-34)57-6-17-18(44)24(50)25(51)31(61-17)67-36(30(56)23(49)16(5-41)66-36)11-59-33(8-43)27(53)20(46)13(2-38)63-33/h12-31,37-56H,1-11H2/t12-,13-,14-,15-,16-,17-,18-,19-,20-,21-,22-,23-,24+,25-,26+,27+,28+,29+,30+,31-,32-,33-,34-,35-,36+/m1/s1. The van der Waals surface area contributed by atoms with Gasteiger partial charge in [0.15, 0.2) is 6.29 Å². The molecular weight excluding hydrogens is 928 g/mol. The lowest BCUT2D eigenvalue weighted by Gasteiger charge is -2.45. The van der Waals surface area contributed by atoms with Crippen molar-refractivity contribution in [3.8, 4) is 0 Å². The molecule has 0 aliphatic carbocycles. The van der Waals surface area contributed by atoms with E-state index in [9.17, 15) is 102 Å². The number of aliphatic hydroxyl groups is 20. The lowest BCUT2D eigenvalue weighted by Crippen LogP contribution is -2.64. The van der Waals surface area contributed by atoms with Crippen LogP contribution in [0.15, 0.2) is 0 Å². The molecule has 6 saturated heterocycles. The molecule has 0 spiro atoms. The zero-order chi connectivity index (χ0) is 49.6. The quantitative estimate of drug-likeness (QED) is 0.0508. The van der Waals surface area contributed by atoms with Crippen LogP contribution in [0.2, 0.25) is 0 Å². The monoisotopic (exact) mass is 990 g/mol. The minimum atomic E-state index is -2.81. The van der Waals surface area contributed by atoms with Crippen LogP contribution in [0.3, 0.4) is 0 Å². The molecule has 0 aromatic rings. The molecule has 6 aliphatic rings. The molecule has 392 valence electrons. The topological polar surface area (TPSA) is 506 Å². The molecule has 0 aromatic heterocycles. The maximum absolute atomic E-state index is 11.4. The first kappa shape index (κ1) is 55.1. The van der Waals surface area contributed by atoms with Crippen molar-refractivity contribution < 1.29 is 154 Å². The van der Waals surface area contributed by atoms with Crippen LogP contribution in [0.25, 0.3) is 0 Å². The van der Waals surface area contributed by atoms with Crippen molar-refractivity contribution in [3.63, 3.8) is 0 Å². The minimum Gasteiger partial charge on any atom is -0.394 e. The van der Waals surface area contributed by atoms with Crippen molar-refractivity contribution in [2.45, 2.75) is 151 Å². The predicted molar refractivity (Wildman–Crippen MR) is 199 cm³/mol. The smallest absolute Gasteiger partial charge is 0.224 e. The summed E-state index contributed by atoms with van der Waals surface area (Å²) in [4.78, 5) is 0. The van der Waals surface area contributed by atoms with Gasteiger partial charge in [0, 0.05) is 0 Å². The van der Waals surface area contributed by atoms with E-state index in [0.29, 0.717) is 0 Å². The fourth-order valence-corrected chi connectivity index (χ4v) is 8.67. The van der Waals surface area contributed by atoms with Crippen LogP contribution < -0.4 is 0 Å². The third-order valence-corrected chi connectivity index (χ3v) is 12.9. The Hall–Kier alpha value is -1.24. The highest BCUT2D eigenvalue weighted by atomic mass is 16.8. The number of aliphatic hydroxyl groups excluding tert-OH is 20. The van der Waals surface area contributed by atoms with Crippen LogP contribution in [0.5, 0.6) is 0 Å². The predicted octanol–water partition coefficient (Wildman–Crippen LogP) is -14.1. The summed E-state index contributed by atoms with van der Waals surface area (Å²) in [6.07, 6.45) is -39.5. The molecule has 31 nitrogen and oxygen atoms in total. The van der Waals surface area contributed by atoms with Crippen molar-refractivity contribution in [2.24, 2.45) is 0 Å². The molecule has 0 bridgehead atoms. The second-order valence-electron chi connectivity index (χ2n) is 17.1. The highest BCUT2D eigenvalue weighted by molar-refractivity contribution is 5.05. The van der Waals surface area contributed by atoms with Gasteiger partial charge in [0.25, 0.3) is 0 Å². The Balaban J connectivity index is 1.25. The molecule has 6 fully saturated rings. The molecule has 0 saturated carbocycles. The molecule has 6 rings (SSSR count). The Morgan fingerprint density at radius 3 is 0.970 bits per heavy atom. The summed E-state index contributed by atoms with van der Waals surface area (Å²) in [5.41, 5.74) is 0. The van der Waals surface area contributed by atoms with E-state index in [1.54, 1.807) is 0 Å². The van der Waals surface area contributed by atoms with E-state index in [0.717, 1.165) is 0 Å². The Morgan fingerprint density at radius 2 is 0.612 bits per heavy atom. The first-order valence-corrected chi connectivity index (χ1v) is 21.0. The van der Waals surface area contributed by atoms with Gasteiger partial charge in [0.1, 0.15) is 149 Å². The van der Waals surface area contributed by atoms with Gasteiger partial charge in [-0.2, -0.15) is 0 Å². The van der Waals surface area contributed by atoms with Gasteiger partial charge >= 0.3 is 0 Å². The molecule has 6 aliphatic heterocycles. The lowest BCUT2D eigenvalue weighted by molar-refractivity contribution is -0.404. The summed E-state index contributed by atoms with van der Waals surface area (Å²) in [7, 11) is 0. The van der Waals surface area contributed by atoms with Crippen LogP contribution in [0.4, 0.5) is 0 Å². The van der Waals surface area contributed by atoms with Gasteiger partial charge < -0.3 is 154 Å². The van der Waals surface area contributed by atoms with Gasteiger partial charge in [-0.25, -0.2) is 0 Å². The van der Waals surface area contributed by atoms with E-state index < -0.39 is 224 Å². The molecule has 0 unspecified atom stereocenters. The van der Waals surface area contributed by atoms with Gasteiger partial charge in [-0.1, -0.05) is 0 Å². The van der Waals surface area contributed by atoms with Crippen LogP contribution in [-0.4, -0.2) is 326 Å². The molecule has 25 atom stereocenters. The first-order valence-electron chi connectivity index (χ1n) is 21.0. The molecule has 20 N–H and O–H groups in total. The second-order valence-corrected chi connectivity index (χ2v) is 17.1. The van der Waals surface area contributed by atoms with Gasteiger partial charge in [-0.3, -0.25) is 0 Å². The maximum atomic E-state index is 11.4. The summed E-state index contributed by atoms with van der Waals surface area (Å²) in [5, 5.41) is 211. The maximum Gasteiger partial charge on any atom is 0.224 e. The third-order valence-electron chi connectivity index (χ3n) is 12.9. The van der Waals surface area contributed by atoms with Crippen LogP contribution >= 0.6 is 0 Å². The van der Waals surface area contributed by atoms with E-state index in [1.807, 2.05) is 0 Å². The Morgan fingerprint density at radius 1 is 0.313 bits per heavy atom. The zero-order valence-corrected chi connectivity index (χ0v) is 35.3. The van der Waals surface area contributed by atoms with Gasteiger partial charge in [-0.15, -0.1) is 0 Å². The molecule has 31 heteroatoms. The average molecular weight is 991 g/mol. The molecular formula is C36H62O31. The highest BCUT2D eigenvalue weighted by Crippen LogP contribution is 2.43. The normalized spacial score (nSPS) is 52.5. The molecule has 0 radical (unpaired) electrons. The summed E-state index contributed by atoms with van der Waals surface area (Å²) in [6.45, 7) is -11.8. The van der Waals surface area contributed by atoms with Crippen LogP contribution in [0, 0.1) is 0 Å². The van der Waals surface area contributed by atoms with E-state index in [1.165, 1.54) is 0 Å². The van der Waals surface area contributed by atoms with Crippen molar-refractivity contribution >= 4 is 0 Å². The van der Waals surface area contributed by atoms with Crippen LogP contribution in [0.1, 0.15) is 0 Å². The third kappa shape index (κ3) is 9.75. The molecule has 67 heavy (non-hydrogen) atoms. The first-order chi connectivity index (χ1) is 31.6. The van der Waals surface area contributed by atoms with Crippen molar-refractivity contribution in [2.75, 3.05) is 72.7 Å². The molecule has 0 amide bonds. The highest BCUT2D eigenvalue weighted by Gasteiger charge is 2.65. The van der Waals surface area contributed by atoms with Gasteiger partial charge in [0.2, 0.25) is 28.9 Å². The van der Waals surface area contributed by atoms with E-state index in [4.69, 9.17) is 52.1 Å². The molecule has 6 heterocycles. The summed E-state index contributed by atoms with van der Waals surface area (Å²) in [6, 6.07) is 0. The summed E-state index contributed by atoms with van der Waals surface area (Å²) in [5.74, 6) is -13.4. The van der Waals surface area contributed by atoms with Crippen LogP contribution in [-0.2, 0) is 52.1 Å². The largest absolute Gasteiger partial charge is 0.394 e. The van der Waals surface area contributed by atoms with Crippen molar-refractivity contribution in [1.82, 2.24) is 0 Å². The zero-order valence-electron chi connectivity index (χ0n) is 35.3. The second kappa shape index (κ2) is 21.5.